The van der Waals surface area contributed by atoms with Gasteiger partial charge in [0.05, 0.1) is 11.8 Å². The summed E-state index contributed by atoms with van der Waals surface area (Å²) in [4.78, 5) is 25.3. The molecule has 0 amide bonds. The van der Waals surface area contributed by atoms with E-state index in [-0.39, 0.29) is 17.9 Å². The predicted molar refractivity (Wildman–Crippen MR) is 96.8 cm³/mol. The number of benzene rings is 3. The third-order valence-corrected chi connectivity index (χ3v) is 6.76. The van der Waals surface area contributed by atoms with Crippen LogP contribution in [-0.2, 0) is 19.7 Å². The first-order chi connectivity index (χ1) is 12.6. The van der Waals surface area contributed by atoms with Gasteiger partial charge in [0.1, 0.15) is 0 Å². The maximum absolute atomic E-state index is 12.7. The molecule has 1 fully saturated rings. The SMILES string of the molecule is CC12c3ccccc3C(c3c1ccc1ccccc31)C1C(=O)OC(=O)C12. The molecule has 4 aliphatic rings. The van der Waals surface area contributed by atoms with Gasteiger partial charge in [0.2, 0.25) is 0 Å². The van der Waals surface area contributed by atoms with Crippen molar-refractivity contribution in [1.29, 1.82) is 0 Å². The summed E-state index contributed by atoms with van der Waals surface area (Å²) in [5.74, 6) is -1.74. The van der Waals surface area contributed by atoms with E-state index in [0.29, 0.717) is 0 Å². The molecule has 3 aliphatic carbocycles. The van der Waals surface area contributed by atoms with Crippen molar-refractivity contribution >= 4 is 22.7 Å². The van der Waals surface area contributed by atoms with Crippen LogP contribution in [-0.4, -0.2) is 11.9 Å². The second kappa shape index (κ2) is 4.42. The van der Waals surface area contributed by atoms with Crippen LogP contribution in [0.5, 0.6) is 0 Å². The first-order valence-electron chi connectivity index (χ1n) is 8.99. The molecule has 26 heavy (non-hydrogen) atoms. The number of carbonyl (C=O) groups is 2. The number of hydrogen-bond donors (Lipinski definition) is 0. The van der Waals surface area contributed by atoms with Gasteiger partial charge in [0, 0.05) is 11.3 Å². The largest absolute Gasteiger partial charge is 0.393 e. The quantitative estimate of drug-likeness (QED) is 0.460. The molecular weight excluding hydrogens is 324 g/mol. The van der Waals surface area contributed by atoms with Gasteiger partial charge < -0.3 is 4.74 Å². The highest BCUT2D eigenvalue weighted by Gasteiger charge is 2.65. The van der Waals surface area contributed by atoms with Crippen LogP contribution in [0, 0.1) is 11.8 Å². The van der Waals surface area contributed by atoms with Crippen molar-refractivity contribution in [3.05, 3.63) is 82.9 Å². The highest BCUT2D eigenvalue weighted by molar-refractivity contribution is 6.02. The summed E-state index contributed by atoms with van der Waals surface area (Å²) in [6, 6.07) is 20.8. The number of fused-ring (bicyclic) bond motifs is 1. The Labute approximate surface area is 150 Å². The summed E-state index contributed by atoms with van der Waals surface area (Å²) < 4.78 is 5.15. The van der Waals surface area contributed by atoms with Gasteiger partial charge in [-0.3, -0.25) is 9.59 Å². The molecule has 0 spiro atoms. The zero-order chi connectivity index (χ0) is 17.6. The molecule has 3 nitrogen and oxygen atoms in total. The smallest absolute Gasteiger partial charge is 0.318 e. The summed E-state index contributed by atoms with van der Waals surface area (Å²) in [5.41, 5.74) is 4.12. The average molecular weight is 340 g/mol. The molecule has 3 heteroatoms. The monoisotopic (exact) mass is 340 g/mol. The van der Waals surface area contributed by atoms with Crippen molar-refractivity contribution in [3.8, 4) is 0 Å². The molecule has 1 saturated heterocycles. The van der Waals surface area contributed by atoms with E-state index in [9.17, 15) is 9.59 Å². The lowest BCUT2D eigenvalue weighted by molar-refractivity contribution is -0.154. The zero-order valence-corrected chi connectivity index (χ0v) is 14.2. The normalized spacial score (nSPS) is 30.7. The molecule has 3 aromatic carbocycles. The predicted octanol–water partition coefficient (Wildman–Crippen LogP) is 3.92. The van der Waals surface area contributed by atoms with E-state index in [1.165, 1.54) is 10.9 Å². The molecule has 0 aromatic heterocycles. The topological polar surface area (TPSA) is 43.4 Å². The Morgan fingerprint density at radius 3 is 2.50 bits per heavy atom. The van der Waals surface area contributed by atoms with Crippen molar-refractivity contribution in [2.45, 2.75) is 18.3 Å². The summed E-state index contributed by atoms with van der Waals surface area (Å²) in [6.45, 7) is 2.10. The summed E-state index contributed by atoms with van der Waals surface area (Å²) in [6.07, 6.45) is 0. The Kier molecular flexibility index (Phi) is 2.42. The third kappa shape index (κ3) is 1.39. The molecule has 0 radical (unpaired) electrons. The van der Waals surface area contributed by atoms with Gasteiger partial charge in [-0.1, -0.05) is 67.6 Å². The minimum absolute atomic E-state index is 0.127. The Bertz CT molecular complexity index is 1150. The van der Waals surface area contributed by atoms with E-state index < -0.39 is 17.3 Å². The molecule has 2 bridgehead atoms. The average Bonchev–Trinajstić information content (AvgIpc) is 2.97. The molecule has 3 aromatic rings. The van der Waals surface area contributed by atoms with Crippen LogP contribution in [0.2, 0.25) is 0 Å². The lowest BCUT2D eigenvalue weighted by Gasteiger charge is -2.52. The molecule has 126 valence electrons. The van der Waals surface area contributed by atoms with Crippen molar-refractivity contribution in [1.82, 2.24) is 0 Å². The number of cyclic esters (lactones) is 2. The van der Waals surface area contributed by atoms with Crippen LogP contribution >= 0.6 is 0 Å². The zero-order valence-electron chi connectivity index (χ0n) is 14.2. The van der Waals surface area contributed by atoms with Crippen LogP contribution < -0.4 is 0 Å². The van der Waals surface area contributed by atoms with Gasteiger partial charge >= 0.3 is 11.9 Å². The van der Waals surface area contributed by atoms with E-state index in [2.05, 4.69) is 43.3 Å². The fraction of sp³-hybridized carbons (Fsp3) is 0.217. The first-order valence-corrected chi connectivity index (χ1v) is 8.99. The maximum atomic E-state index is 12.7. The molecule has 1 aliphatic heterocycles. The minimum atomic E-state index is -0.543. The summed E-state index contributed by atoms with van der Waals surface area (Å²) in [5, 5.41) is 2.33. The van der Waals surface area contributed by atoms with E-state index in [1.807, 2.05) is 24.3 Å². The van der Waals surface area contributed by atoms with E-state index >= 15 is 0 Å². The van der Waals surface area contributed by atoms with Crippen LogP contribution in [0.4, 0.5) is 0 Å². The Morgan fingerprint density at radius 2 is 1.62 bits per heavy atom. The number of rotatable bonds is 0. The Hall–Kier alpha value is -2.94. The van der Waals surface area contributed by atoms with Gasteiger partial charge in [-0.15, -0.1) is 0 Å². The lowest BCUT2D eigenvalue weighted by atomic mass is 9.47. The minimum Gasteiger partial charge on any atom is -0.393 e. The Morgan fingerprint density at radius 1 is 0.846 bits per heavy atom. The van der Waals surface area contributed by atoms with Crippen LogP contribution in [0.15, 0.2) is 60.7 Å². The van der Waals surface area contributed by atoms with Crippen molar-refractivity contribution in [2.75, 3.05) is 0 Å². The number of carbonyl (C=O) groups excluding carboxylic acids is 2. The first kappa shape index (κ1) is 14.3. The molecule has 7 rings (SSSR count). The molecule has 4 atom stereocenters. The van der Waals surface area contributed by atoms with E-state index in [0.717, 1.165) is 22.1 Å². The van der Waals surface area contributed by atoms with Crippen molar-refractivity contribution in [3.63, 3.8) is 0 Å². The van der Waals surface area contributed by atoms with Crippen molar-refractivity contribution < 1.29 is 14.3 Å². The fourth-order valence-corrected chi connectivity index (χ4v) is 5.77. The molecule has 0 N–H and O–H groups in total. The maximum Gasteiger partial charge on any atom is 0.318 e. The van der Waals surface area contributed by atoms with Crippen LogP contribution in [0.25, 0.3) is 10.8 Å². The fourth-order valence-electron chi connectivity index (χ4n) is 5.77. The number of esters is 2. The third-order valence-electron chi connectivity index (χ3n) is 6.76. The van der Waals surface area contributed by atoms with Gasteiger partial charge in [-0.05, 0) is 33.0 Å². The van der Waals surface area contributed by atoms with E-state index in [4.69, 9.17) is 4.74 Å². The standard InChI is InChI=1S/C23H16O3/c1-23-15-9-5-4-8-14(15)18(19-20(23)22(25)26-21(19)24)17-13-7-3-2-6-12(13)10-11-16(17)23/h2-11,18-20H,1H3. The second-order valence-electron chi connectivity index (χ2n) is 7.76. The highest BCUT2D eigenvalue weighted by Crippen LogP contribution is 2.64. The molecular formula is C23H16O3. The van der Waals surface area contributed by atoms with Gasteiger partial charge in [0.25, 0.3) is 0 Å². The summed E-state index contributed by atoms with van der Waals surface area (Å²) >= 11 is 0. The Balaban J connectivity index is 1.81. The van der Waals surface area contributed by atoms with Gasteiger partial charge in [-0.25, -0.2) is 0 Å². The number of hydrogen-bond acceptors (Lipinski definition) is 3. The second-order valence-corrected chi connectivity index (χ2v) is 7.76. The van der Waals surface area contributed by atoms with Crippen LogP contribution in [0.1, 0.15) is 35.1 Å². The highest BCUT2D eigenvalue weighted by atomic mass is 16.6. The van der Waals surface area contributed by atoms with Crippen molar-refractivity contribution in [2.24, 2.45) is 11.8 Å². The van der Waals surface area contributed by atoms with E-state index in [1.54, 1.807) is 0 Å². The van der Waals surface area contributed by atoms with Crippen LogP contribution in [0.3, 0.4) is 0 Å². The summed E-state index contributed by atoms with van der Waals surface area (Å²) in [7, 11) is 0. The molecule has 4 unspecified atom stereocenters. The molecule has 0 saturated carbocycles. The lowest BCUT2D eigenvalue weighted by Crippen LogP contribution is -2.51. The van der Waals surface area contributed by atoms with Gasteiger partial charge in [-0.2, -0.15) is 0 Å². The van der Waals surface area contributed by atoms with Gasteiger partial charge in [0.15, 0.2) is 0 Å². The molecule has 1 heterocycles. The number of ether oxygens (including phenoxy) is 1.